The molecule has 0 aliphatic heterocycles. The summed E-state index contributed by atoms with van der Waals surface area (Å²) in [5, 5.41) is 0. The van der Waals surface area contributed by atoms with Gasteiger partial charge >= 0.3 is 5.97 Å². The summed E-state index contributed by atoms with van der Waals surface area (Å²) >= 11 is 0. The Labute approximate surface area is 283 Å². The van der Waals surface area contributed by atoms with Crippen LogP contribution in [0.1, 0.15) is 213 Å². The van der Waals surface area contributed by atoms with Gasteiger partial charge in [0.15, 0.2) is 0 Å². The second kappa shape index (κ2) is 38.6. The molecule has 0 aromatic heterocycles. The van der Waals surface area contributed by atoms with E-state index in [0.717, 1.165) is 51.4 Å². The van der Waals surface area contributed by atoms with E-state index in [-0.39, 0.29) is 12.1 Å². The SMILES string of the molecule is CCCCCC=CCC=CCC=CCC=CCCCC(=O)OC(CCC)CCCCCCCCCCCCCCCCCCC. The minimum absolute atomic E-state index is 0.00342. The summed E-state index contributed by atoms with van der Waals surface area (Å²) in [7, 11) is 0. The van der Waals surface area contributed by atoms with Gasteiger partial charge in [0.1, 0.15) is 6.10 Å². The van der Waals surface area contributed by atoms with Crippen LogP contribution in [0.2, 0.25) is 0 Å². The summed E-state index contributed by atoms with van der Waals surface area (Å²) in [6, 6.07) is 0. The lowest BCUT2D eigenvalue weighted by Gasteiger charge is -2.17. The molecule has 262 valence electrons. The molecule has 0 radical (unpaired) electrons. The van der Waals surface area contributed by atoms with E-state index >= 15 is 0 Å². The molecule has 0 heterocycles. The van der Waals surface area contributed by atoms with Gasteiger partial charge in [-0.25, -0.2) is 0 Å². The molecule has 1 unspecified atom stereocenters. The van der Waals surface area contributed by atoms with Gasteiger partial charge in [-0.15, -0.1) is 0 Å². The highest BCUT2D eigenvalue weighted by molar-refractivity contribution is 5.69. The molecule has 45 heavy (non-hydrogen) atoms. The Balaban J connectivity index is 3.65. The summed E-state index contributed by atoms with van der Waals surface area (Å²) < 4.78 is 5.86. The summed E-state index contributed by atoms with van der Waals surface area (Å²) in [4.78, 5) is 12.4. The fourth-order valence-corrected chi connectivity index (χ4v) is 5.85. The van der Waals surface area contributed by atoms with Crippen molar-refractivity contribution in [2.24, 2.45) is 0 Å². The number of unbranched alkanes of at least 4 members (excludes halogenated alkanes) is 20. The summed E-state index contributed by atoms with van der Waals surface area (Å²) in [6.45, 7) is 6.74. The van der Waals surface area contributed by atoms with Crippen LogP contribution in [0.25, 0.3) is 0 Å². The van der Waals surface area contributed by atoms with Crippen LogP contribution in [0.5, 0.6) is 0 Å². The summed E-state index contributed by atoms with van der Waals surface area (Å²) in [5.41, 5.74) is 0. The van der Waals surface area contributed by atoms with E-state index in [1.807, 2.05) is 0 Å². The molecular formula is C43H78O2. The van der Waals surface area contributed by atoms with Crippen molar-refractivity contribution >= 4 is 5.97 Å². The number of ether oxygens (including phenoxy) is 1. The number of hydrogen-bond acceptors (Lipinski definition) is 2. The molecule has 0 aliphatic carbocycles. The molecule has 0 fully saturated rings. The first kappa shape index (κ1) is 43.4. The molecule has 0 aromatic rings. The number of hydrogen-bond donors (Lipinski definition) is 0. The maximum absolute atomic E-state index is 12.4. The topological polar surface area (TPSA) is 26.3 Å². The lowest BCUT2D eigenvalue weighted by molar-refractivity contribution is -0.149. The van der Waals surface area contributed by atoms with Crippen molar-refractivity contribution < 1.29 is 9.53 Å². The molecule has 2 nitrogen and oxygen atoms in total. The van der Waals surface area contributed by atoms with Crippen LogP contribution >= 0.6 is 0 Å². The maximum Gasteiger partial charge on any atom is 0.306 e. The molecule has 0 aromatic carbocycles. The zero-order valence-corrected chi connectivity index (χ0v) is 30.7. The third-order valence-corrected chi connectivity index (χ3v) is 8.75. The molecule has 0 saturated carbocycles. The third kappa shape index (κ3) is 36.8. The van der Waals surface area contributed by atoms with Crippen molar-refractivity contribution in [2.75, 3.05) is 0 Å². The number of rotatable bonds is 35. The molecule has 0 bridgehead atoms. The molecule has 0 saturated heterocycles. The van der Waals surface area contributed by atoms with Gasteiger partial charge in [0.25, 0.3) is 0 Å². The Morgan fingerprint density at radius 3 is 1.24 bits per heavy atom. The van der Waals surface area contributed by atoms with Gasteiger partial charge < -0.3 is 4.74 Å². The van der Waals surface area contributed by atoms with Gasteiger partial charge in [0.05, 0.1) is 0 Å². The smallest absolute Gasteiger partial charge is 0.306 e. The fourth-order valence-electron chi connectivity index (χ4n) is 5.85. The Morgan fingerprint density at radius 2 is 0.800 bits per heavy atom. The van der Waals surface area contributed by atoms with Gasteiger partial charge in [0.2, 0.25) is 0 Å². The van der Waals surface area contributed by atoms with Crippen LogP contribution in [-0.2, 0) is 9.53 Å². The van der Waals surface area contributed by atoms with E-state index in [2.05, 4.69) is 69.4 Å². The minimum atomic E-state index is -0.00342. The number of carbonyl (C=O) groups is 1. The molecule has 0 amide bonds. The molecule has 0 N–H and O–H groups in total. The maximum atomic E-state index is 12.4. The van der Waals surface area contributed by atoms with Crippen LogP contribution in [0, 0.1) is 0 Å². The van der Waals surface area contributed by atoms with Crippen LogP contribution in [0.4, 0.5) is 0 Å². The number of allylic oxidation sites excluding steroid dienone is 8. The number of esters is 1. The quantitative estimate of drug-likeness (QED) is 0.0397. The second-order valence-corrected chi connectivity index (χ2v) is 13.3. The van der Waals surface area contributed by atoms with Gasteiger partial charge in [-0.2, -0.15) is 0 Å². The molecule has 1 atom stereocenters. The first-order valence-corrected chi connectivity index (χ1v) is 20.0. The Bertz CT molecular complexity index is 701. The highest BCUT2D eigenvalue weighted by Crippen LogP contribution is 2.17. The van der Waals surface area contributed by atoms with Crippen molar-refractivity contribution in [3.05, 3.63) is 48.6 Å². The highest BCUT2D eigenvalue weighted by atomic mass is 16.5. The molecule has 0 aliphatic rings. The van der Waals surface area contributed by atoms with E-state index in [4.69, 9.17) is 4.74 Å². The van der Waals surface area contributed by atoms with E-state index in [1.165, 1.54) is 135 Å². The second-order valence-electron chi connectivity index (χ2n) is 13.3. The molecular weight excluding hydrogens is 548 g/mol. The van der Waals surface area contributed by atoms with Crippen molar-refractivity contribution in [3.8, 4) is 0 Å². The predicted octanol–water partition coefficient (Wildman–Crippen LogP) is 14.9. The zero-order valence-electron chi connectivity index (χ0n) is 30.7. The van der Waals surface area contributed by atoms with Crippen LogP contribution in [0.15, 0.2) is 48.6 Å². The van der Waals surface area contributed by atoms with Crippen molar-refractivity contribution in [2.45, 2.75) is 219 Å². The summed E-state index contributed by atoms with van der Waals surface area (Å²) in [5.74, 6) is -0.00342. The van der Waals surface area contributed by atoms with Crippen LogP contribution < -0.4 is 0 Å². The van der Waals surface area contributed by atoms with E-state index in [0.29, 0.717) is 6.42 Å². The van der Waals surface area contributed by atoms with Gasteiger partial charge in [0, 0.05) is 6.42 Å². The van der Waals surface area contributed by atoms with E-state index < -0.39 is 0 Å². The lowest BCUT2D eigenvalue weighted by Crippen LogP contribution is -2.18. The average Bonchev–Trinajstić information content (AvgIpc) is 3.04. The third-order valence-electron chi connectivity index (χ3n) is 8.75. The van der Waals surface area contributed by atoms with Crippen molar-refractivity contribution in [1.29, 1.82) is 0 Å². The molecule has 0 spiro atoms. The summed E-state index contributed by atoms with van der Waals surface area (Å²) in [6.07, 6.45) is 55.5. The van der Waals surface area contributed by atoms with Crippen LogP contribution in [0.3, 0.4) is 0 Å². The van der Waals surface area contributed by atoms with Gasteiger partial charge in [-0.3, -0.25) is 4.79 Å². The Hall–Kier alpha value is -1.57. The monoisotopic (exact) mass is 627 g/mol. The van der Waals surface area contributed by atoms with Crippen molar-refractivity contribution in [1.82, 2.24) is 0 Å². The van der Waals surface area contributed by atoms with Crippen LogP contribution in [-0.4, -0.2) is 12.1 Å². The fraction of sp³-hybridized carbons (Fsp3) is 0.791. The average molecular weight is 627 g/mol. The van der Waals surface area contributed by atoms with E-state index in [9.17, 15) is 4.79 Å². The zero-order chi connectivity index (χ0) is 32.7. The first-order valence-electron chi connectivity index (χ1n) is 20.0. The lowest BCUT2D eigenvalue weighted by atomic mass is 10.0. The Morgan fingerprint density at radius 1 is 0.422 bits per heavy atom. The van der Waals surface area contributed by atoms with Gasteiger partial charge in [-0.05, 0) is 64.2 Å². The molecule has 0 rings (SSSR count). The molecule has 2 heteroatoms. The van der Waals surface area contributed by atoms with Gasteiger partial charge in [-0.1, -0.05) is 191 Å². The normalized spacial score (nSPS) is 12.9. The Kier molecular flexibility index (Phi) is 37.3. The van der Waals surface area contributed by atoms with Crippen molar-refractivity contribution in [3.63, 3.8) is 0 Å². The number of carbonyl (C=O) groups excluding carboxylic acids is 1. The predicted molar refractivity (Wildman–Crippen MR) is 202 cm³/mol. The highest BCUT2D eigenvalue weighted by Gasteiger charge is 2.13. The minimum Gasteiger partial charge on any atom is -0.462 e. The van der Waals surface area contributed by atoms with E-state index in [1.54, 1.807) is 0 Å². The largest absolute Gasteiger partial charge is 0.462 e. The first-order chi connectivity index (χ1) is 22.2. The standard InChI is InChI=1S/C43H78O2/c1-4-7-9-11-13-15-17-19-21-23-25-27-29-31-33-35-37-40-42(39-6-3)45-43(44)41-38-36-34-32-30-28-26-24-22-20-18-16-14-12-10-8-5-2/h14,16,20,22,26,28,32,34,42H,4-13,15,17-19,21,23-25,27,29-31,33,35-41H2,1-3H3.